The molecule has 1 aromatic heterocycles. The summed E-state index contributed by atoms with van der Waals surface area (Å²) in [5.41, 5.74) is 2.73. The number of nitrogens with one attached hydrogen (secondary N) is 2. The van der Waals surface area contributed by atoms with E-state index in [4.69, 9.17) is 9.26 Å². The van der Waals surface area contributed by atoms with Gasteiger partial charge < -0.3 is 19.9 Å². The number of ether oxygens (including phenoxy) is 1. The third kappa shape index (κ3) is 3.17. The summed E-state index contributed by atoms with van der Waals surface area (Å²) in [6, 6.07) is 6.70. The highest BCUT2D eigenvalue weighted by molar-refractivity contribution is 5.98. The second-order valence-corrected chi connectivity index (χ2v) is 5.39. The molecule has 0 bridgehead atoms. The summed E-state index contributed by atoms with van der Waals surface area (Å²) >= 11 is 0. The van der Waals surface area contributed by atoms with Gasteiger partial charge in [0.25, 0.3) is 0 Å². The molecule has 0 atom stereocenters. The number of amides is 3. The van der Waals surface area contributed by atoms with Gasteiger partial charge in [0.2, 0.25) is 0 Å². The van der Waals surface area contributed by atoms with Gasteiger partial charge >= 0.3 is 12.1 Å². The fourth-order valence-corrected chi connectivity index (χ4v) is 2.52. The first kappa shape index (κ1) is 15.9. The molecule has 126 valence electrons. The van der Waals surface area contributed by atoms with Crippen molar-refractivity contribution in [3.8, 4) is 0 Å². The van der Waals surface area contributed by atoms with Crippen LogP contribution in [0.15, 0.2) is 28.8 Å². The zero-order chi connectivity index (χ0) is 17.1. The van der Waals surface area contributed by atoms with Crippen molar-refractivity contribution in [3.63, 3.8) is 0 Å². The van der Waals surface area contributed by atoms with E-state index < -0.39 is 6.09 Å². The fraction of sp³-hybridized carbons (Fsp3) is 0.312. The Labute approximate surface area is 138 Å². The molecule has 0 aliphatic carbocycles. The van der Waals surface area contributed by atoms with Gasteiger partial charge in [-0.3, -0.25) is 4.90 Å². The molecular formula is C16H18N4O4. The van der Waals surface area contributed by atoms with Gasteiger partial charge in [-0.2, -0.15) is 0 Å². The van der Waals surface area contributed by atoms with Gasteiger partial charge in [0.05, 0.1) is 23.6 Å². The number of anilines is 2. The van der Waals surface area contributed by atoms with Crippen LogP contribution in [0, 0.1) is 13.8 Å². The van der Waals surface area contributed by atoms with E-state index in [0.29, 0.717) is 36.8 Å². The maximum atomic E-state index is 12.2. The molecule has 0 unspecified atom stereocenters. The number of aryl methyl sites for hydroxylation is 2. The van der Waals surface area contributed by atoms with E-state index in [1.165, 1.54) is 4.90 Å². The Morgan fingerprint density at radius 1 is 1.33 bits per heavy atom. The van der Waals surface area contributed by atoms with Crippen LogP contribution >= 0.6 is 0 Å². The number of hydrogen-bond donors (Lipinski definition) is 2. The highest BCUT2D eigenvalue weighted by atomic mass is 16.6. The maximum absolute atomic E-state index is 12.2. The predicted octanol–water partition coefficient (Wildman–Crippen LogP) is 2.57. The Kier molecular flexibility index (Phi) is 4.37. The normalized spacial score (nSPS) is 13.8. The Morgan fingerprint density at radius 3 is 2.79 bits per heavy atom. The first-order chi connectivity index (χ1) is 11.6. The Hall–Kier alpha value is -3.03. The molecule has 8 nitrogen and oxygen atoms in total. The summed E-state index contributed by atoms with van der Waals surface area (Å²) in [7, 11) is 0. The molecule has 1 aromatic carbocycles. The second kappa shape index (κ2) is 6.61. The molecule has 8 heteroatoms. The maximum Gasteiger partial charge on any atom is 0.414 e. The third-order valence-electron chi connectivity index (χ3n) is 3.81. The van der Waals surface area contributed by atoms with E-state index in [2.05, 4.69) is 15.8 Å². The number of benzene rings is 1. The molecule has 3 rings (SSSR count). The molecule has 2 heterocycles. The van der Waals surface area contributed by atoms with Gasteiger partial charge in [-0.1, -0.05) is 17.3 Å². The highest BCUT2D eigenvalue weighted by Gasteiger charge is 2.25. The minimum Gasteiger partial charge on any atom is -0.447 e. The van der Waals surface area contributed by atoms with Crippen molar-refractivity contribution in [2.24, 2.45) is 0 Å². The number of aromatic nitrogens is 1. The predicted molar refractivity (Wildman–Crippen MR) is 87.0 cm³/mol. The van der Waals surface area contributed by atoms with Crippen LogP contribution in [0.1, 0.15) is 17.0 Å². The summed E-state index contributed by atoms with van der Waals surface area (Å²) in [5, 5.41) is 9.37. The van der Waals surface area contributed by atoms with Crippen molar-refractivity contribution in [1.82, 2.24) is 10.5 Å². The first-order valence-electron chi connectivity index (χ1n) is 7.56. The summed E-state index contributed by atoms with van der Waals surface area (Å²) < 4.78 is 10.0. The van der Waals surface area contributed by atoms with Crippen molar-refractivity contribution in [2.45, 2.75) is 20.4 Å². The van der Waals surface area contributed by atoms with Crippen LogP contribution in [0.5, 0.6) is 0 Å². The number of carbonyl (C=O) groups is 2. The average Bonchev–Trinajstić information content (AvgIpc) is 3.12. The van der Waals surface area contributed by atoms with Crippen molar-refractivity contribution < 1.29 is 18.8 Å². The molecule has 1 aliphatic rings. The van der Waals surface area contributed by atoms with E-state index in [0.717, 1.165) is 11.3 Å². The van der Waals surface area contributed by atoms with Crippen LogP contribution in [0.4, 0.5) is 21.0 Å². The molecule has 0 spiro atoms. The van der Waals surface area contributed by atoms with E-state index in [1.54, 1.807) is 31.2 Å². The number of nitrogens with zero attached hydrogens (tertiary/aromatic N) is 2. The molecular weight excluding hydrogens is 312 g/mol. The number of urea groups is 1. The molecule has 1 saturated heterocycles. The number of rotatable bonds is 4. The van der Waals surface area contributed by atoms with Crippen molar-refractivity contribution in [1.29, 1.82) is 0 Å². The van der Waals surface area contributed by atoms with Gasteiger partial charge in [0.15, 0.2) is 0 Å². The van der Waals surface area contributed by atoms with Crippen LogP contribution in [-0.2, 0) is 11.3 Å². The van der Waals surface area contributed by atoms with Crippen LogP contribution in [0.25, 0.3) is 0 Å². The van der Waals surface area contributed by atoms with E-state index in [1.807, 2.05) is 6.92 Å². The molecule has 2 aromatic rings. The first-order valence-corrected chi connectivity index (χ1v) is 7.56. The summed E-state index contributed by atoms with van der Waals surface area (Å²) in [6.45, 7) is 4.72. The van der Waals surface area contributed by atoms with E-state index >= 15 is 0 Å². The van der Waals surface area contributed by atoms with Crippen LogP contribution in [0.3, 0.4) is 0 Å². The molecule has 0 radical (unpaired) electrons. The van der Waals surface area contributed by atoms with Crippen molar-refractivity contribution >= 4 is 23.5 Å². The van der Waals surface area contributed by atoms with Gasteiger partial charge in [0, 0.05) is 12.1 Å². The Morgan fingerprint density at radius 2 is 2.12 bits per heavy atom. The monoisotopic (exact) mass is 330 g/mol. The summed E-state index contributed by atoms with van der Waals surface area (Å²) in [5.74, 6) is 0.674. The zero-order valence-electron chi connectivity index (χ0n) is 13.5. The second-order valence-electron chi connectivity index (χ2n) is 5.39. The highest BCUT2D eigenvalue weighted by Crippen LogP contribution is 2.27. The minimum atomic E-state index is -0.416. The summed E-state index contributed by atoms with van der Waals surface area (Å²) in [4.78, 5) is 25.4. The van der Waals surface area contributed by atoms with E-state index in [9.17, 15) is 9.59 Å². The van der Waals surface area contributed by atoms with Gasteiger partial charge in [0.1, 0.15) is 12.4 Å². The lowest BCUT2D eigenvalue weighted by Gasteiger charge is -2.17. The molecule has 0 saturated carbocycles. The number of hydrogen-bond acceptors (Lipinski definition) is 5. The number of para-hydroxylation sites is 2. The van der Waals surface area contributed by atoms with Gasteiger partial charge in [-0.05, 0) is 26.0 Å². The van der Waals surface area contributed by atoms with Crippen LogP contribution < -0.4 is 15.5 Å². The lowest BCUT2D eigenvalue weighted by atomic mass is 10.2. The molecule has 24 heavy (non-hydrogen) atoms. The fourth-order valence-electron chi connectivity index (χ4n) is 2.52. The third-order valence-corrected chi connectivity index (χ3v) is 3.81. The molecule has 2 N–H and O–H groups in total. The van der Waals surface area contributed by atoms with Gasteiger partial charge in [-0.25, -0.2) is 9.59 Å². The lowest BCUT2D eigenvalue weighted by Crippen LogP contribution is -2.30. The Bertz CT molecular complexity index is 752. The smallest absolute Gasteiger partial charge is 0.414 e. The molecule has 1 fully saturated rings. The standard InChI is InChI=1S/C16H18N4O4/c1-10-12(11(2)24-19-10)9-17-15(21)18-13-5-3-4-6-14(13)20-7-8-23-16(20)22/h3-6H,7-9H2,1-2H3,(H2,17,18,21). The lowest BCUT2D eigenvalue weighted by molar-refractivity contribution is 0.181. The zero-order valence-corrected chi connectivity index (χ0v) is 13.5. The van der Waals surface area contributed by atoms with Crippen molar-refractivity contribution in [3.05, 3.63) is 41.3 Å². The molecule has 3 amide bonds. The van der Waals surface area contributed by atoms with Crippen molar-refractivity contribution in [2.75, 3.05) is 23.4 Å². The van der Waals surface area contributed by atoms with Crippen LogP contribution in [-0.4, -0.2) is 30.4 Å². The van der Waals surface area contributed by atoms with E-state index in [-0.39, 0.29) is 6.03 Å². The molecule has 1 aliphatic heterocycles. The Balaban J connectivity index is 1.68. The topological polar surface area (TPSA) is 96.7 Å². The quantitative estimate of drug-likeness (QED) is 0.898. The average molecular weight is 330 g/mol. The van der Waals surface area contributed by atoms with Gasteiger partial charge in [-0.15, -0.1) is 0 Å². The number of cyclic esters (lactones) is 1. The number of carbonyl (C=O) groups excluding carboxylic acids is 2. The SMILES string of the molecule is Cc1noc(C)c1CNC(=O)Nc1ccccc1N1CCOC1=O. The minimum absolute atomic E-state index is 0.306. The van der Waals surface area contributed by atoms with Crippen LogP contribution in [0.2, 0.25) is 0 Å². The largest absolute Gasteiger partial charge is 0.447 e. The summed E-state index contributed by atoms with van der Waals surface area (Å²) in [6.07, 6.45) is -0.416.